The molecule has 3 rings (SSSR count). The molecule has 0 radical (unpaired) electrons. The molecular weight excluding hydrogens is 260 g/mol. The number of benzene rings is 1. The van der Waals surface area contributed by atoms with Crippen molar-refractivity contribution in [2.24, 2.45) is 0 Å². The lowest BCUT2D eigenvalue weighted by molar-refractivity contribution is 0.220. The average Bonchev–Trinajstić information content (AvgIpc) is 2.46. The molecule has 0 amide bonds. The van der Waals surface area contributed by atoms with Crippen LogP contribution >= 0.6 is 11.6 Å². The van der Waals surface area contributed by atoms with Crippen molar-refractivity contribution in [3.63, 3.8) is 0 Å². The summed E-state index contributed by atoms with van der Waals surface area (Å²) in [5.74, 6) is 0. The normalized spacial score (nSPS) is 12.5. The van der Waals surface area contributed by atoms with Gasteiger partial charge in [0.2, 0.25) is 0 Å². The summed E-state index contributed by atoms with van der Waals surface area (Å²) in [6.45, 7) is 0. The molecule has 4 heteroatoms. The van der Waals surface area contributed by atoms with Crippen LogP contribution in [0.4, 0.5) is 0 Å². The number of aromatic nitrogens is 2. The zero-order valence-electron chi connectivity index (χ0n) is 9.99. The molecule has 0 fully saturated rings. The van der Waals surface area contributed by atoms with Gasteiger partial charge in [-0.25, -0.2) is 4.98 Å². The fourth-order valence-electron chi connectivity index (χ4n) is 2.04. The van der Waals surface area contributed by atoms with Crippen LogP contribution in [-0.2, 0) is 0 Å². The largest absolute Gasteiger partial charge is 0.384 e. The minimum Gasteiger partial charge on any atom is -0.384 e. The Morgan fingerprint density at radius 1 is 0.947 bits per heavy atom. The first-order chi connectivity index (χ1) is 9.24. The Balaban J connectivity index is 2.04. The van der Waals surface area contributed by atoms with E-state index in [2.05, 4.69) is 9.97 Å². The van der Waals surface area contributed by atoms with E-state index < -0.39 is 6.10 Å². The second kappa shape index (κ2) is 4.96. The molecule has 1 unspecified atom stereocenters. The molecule has 0 spiro atoms. The quantitative estimate of drug-likeness (QED) is 0.726. The van der Waals surface area contributed by atoms with Gasteiger partial charge in [0.1, 0.15) is 11.3 Å². The van der Waals surface area contributed by atoms with E-state index in [1.807, 2.05) is 30.3 Å². The Hall–Kier alpha value is -1.97. The van der Waals surface area contributed by atoms with Gasteiger partial charge >= 0.3 is 0 Å². The van der Waals surface area contributed by atoms with E-state index in [9.17, 15) is 5.11 Å². The molecule has 1 N–H and O–H groups in total. The molecule has 0 saturated heterocycles. The molecule has 0 aliphatic carbocycles. The summed E-state index contributed by atoms with van der Waals surface area (Å²) >= 11 is 5.84. The highest BCUT2D eigenvalue weighted by atomic mass is 35.5. The van der Waals surface area contributed by atoms with E-state index in [0.717, 1.165) is 22.0 Å². The Bertz CT molecular complexity index is 730. The zero-order valence-corrected chi connectivity index (χ0v) is 10.7. The van der Waals surface area contributed by atoms with Gasteiger partial charge in [-0.1, -0.05) is 23.7 Å². The van der Waals surface area contributed by atoms with Crippen molar-refractivity contribution in [2.75, 3.05) is 0 Å². The van der Waals surface area contributed by atoms with Crippen molar-refractivity contribution in [2.45, 2.75) is 6.10 Å². The van der Waals surface area contributed by atoms with Gasteiger partial charge < -0.3 is 5.11 Å². The molecule has 1 aromatic carbocycles. The number of hydrogen-bond donors (Lipinski definition) is 1. The second-order valence-corrected chi connectivity index (χ2v) is 4.66. The van der Waals surface area contributed by atoms with Crippen LogP contribution in [0, 0.1) is 0 Å². The molecule has 2 aromatic heterocycles. The minimum atomic E-state index is -0.717. The van der Waals surface area contributed by atoms with Crippen molar-refractivity contribution in [3.05, 3.63) is 71.1 Å². The maximum atomic E-state index is 10.4. The first kappa shape index (κ1) is 12.1. The predicted octanol–water partition coefficient (Wildman–Crippen LogP) is 3.36. The van der Waals surface area contributed by atoms with Gasteiger partial charge in [-0.05, 0) is 41.5 Å². The topological polar surface area (TPSA) is 46.0 Å². The van der Waals surface area contributed by atoms with Crippen LogP contribution < -0.4 is 0 Å². The molecule has 0 saturated carbocycles. The molecular formula is C15H11ClN2O. The van der Waals surface area contributed by atoms with Crippen molar-refractivity contribution in [3.8, 4) is 0 Å². The standard InChI is InChI=1S/C15H11ClN2O/c16-14-9-12(5-7-18-14)15(19)11-3-4-13-10(8-11)2-1-6-17-13/h1-9,15,19H. The molecule has 1 atom stereocenters. The summed E-state index contributed by atoms with van der Waals surface area (Å²) in [5, 5.41) is 11.7. The van der Waals surface area contributed by atoms with Gasteiger partial charge in [-0.2, -0.15) is 0 Å². The van der Waals surface area contributed by atoms with Crippen LogP contribution in [0.15, 0.2) is 54.9 Å². The van der Waals surface area contributed by atoms with Gasteiger partial charge in [0, 0.05) is 17.8 Å². The van der Waals surface area contributed by atoms with Crippen molar-refractivity contribution >= 4 is 22.5 Å². The summed E-state index contributed by atoms with van der Waals surface area (Å²) in [6.07, 6.45) is 2.62. The highest BCUT2D eigenvalue weighted by Crippen LogP contribution is 2.25. The van der Waals surface area contributed by atoms with Crippen molar-refractivity contribution in [1.29, 1.82) is 0 Å². The summed E-state index contributed by atoms with van der Waals surface area (Å²) in [5.41, 5.74) is 2.44. The predicted molar refractivity (Wildman–Crippen MR) is 75.1 cm³/mol. The third-order valence-electron chi connectivity index (χ3n) is 3.01. The van der Waals surface area contributed by atoms with Crippen molar-refractivity contribution in [1.82, 2.24) is 9.97 Å². The van der Waals surface area contributed by atoms with Crippen molar-refractivity contribution < 1.29 is 5.11 Å². The molecule has 0 bridgehead atoms. The van der Waals surface area contributed by atoms with Gasteiger partial charge in [0.05, 0.1) is 5.52 Å². The smallest absolute Gasteiger partial charge is 0.129 e. The first-order valence-corrected chi connectivity index (χ1v) is 6.26. The molecule has 19 heavy (non-hydrogen) atoms. The Morgan fingerprint density at radius 3 is 2.63 bits per heavy atom. The molecule has 2 heterocycles. The van der Waals surface area contributed by atoms with Crippen LogP contribution in [0.2, 0.25) is 5.15 Å². The Labute approximate surface area is 115 Å². The summed E-state index contributed by atoms with van der Waals surface area (Å²) in [4.78, 5) is 8.17. The number of nitrogens with zero attached hydrogens (tertiary/aromatic N) is 2. The highest BCUT2D eigenvalue weighted by Gasteiger charge is 2.11. The minimum absolute atomic E-state index is 0.374. The molecule has 0 aliphatic heterocycles. The second-order valence-electron chi connectivity index (χ2n) is 4.27. The molecule has 3 nitrogen and oxygen atoms in total. The number of aliphatic hydroxyl groups excluding tert-OH is 1. The van der Waals surface area contributed by atoms with Crippen LogP contribution in [0.1, 0.15) is 17.2 Å². The van der Waals surface area contributed by atoms with Gasteiger partial charge in [0.15, 0.2) is 0 Å². The van der Waals surface area contributed by atoms with Gasteiger partial charge in [0.25, 0.3) is 0 Å². The molecule has 3 aromatic rings. The maximum Gasteiger partial charge on any atom is 0.129 e. The van der Waals surface area contributed by atoms with E-state index in [1.165, 1.54) is 0 Å². The van der Waals surface area contributed by atoms with E-state index >= 15 is 0 Å². The lowest BCUT2D eigenvalue weighted by Crippen LogP contribution is -2.00. The third kappa shape index (κ3) is 2.43. The first-order valence-electron chi connectivity index (χ1n) is 5.88. The van der Waals surface area contributed by atoms with Crippen LogP contribution in [0.25, 0.3) is 10.9 Å². The molecule has 0 aliphatic rings. The van der Waals surface area contributed by atoms with Gasteiger partial charge in [-0.3, -0.25) is 4.98 Å². The van der Waals surface area contributed by atoms with E-state index in [-0.39, 0.29) is 0 Å². The maximum absolute atomic E-state index is 10.4. The van der Waals surface area contributed by atoms with Gasteiger partial charge in [-0.15, -0.1) is 0 Å². The number of rotatable bonds is 2. The number of hydrogen-bond acceptors (Lipinski definition) is 3. The lowest BCUT2D eigenvalue weighted by Gasteiger charge is -2.12. The summed E-state index contributed by atoms with van der Waals surface area (Å²) in [7, 11) is 0. The average molecular weight is 271 g/mol. The zero-order chi connectivity index (χ0) is 13.2. The lowest BCUT2D eigenvalue weighted by atomic mass is 10.0. The SMILES string of the molecule is OC(c1ccnc(Cl)c1)c1ccc2ncccc2c1. The summed E-state index contributed by atoms with van der Waals surface area (Å²) < 4.78 is 0. The Morgan fingerprint density at radius 2 is 1.79 bits per heavy atom. The van der Waals surface area contributed by atoms with E-state index in [1.54, 1.807) is 24.5 Å². The Kier molecular flexibility index (Phi) is 3.15. The highest BCUT2D eigenvalue weighted by molar-refractivity contribution is 6.29. The molecule has 94 valence electrons. The van der Waals surface area contributed by atoms with Crippen LogP contribution in [-0.4, -0.2) is 15.1 Å². The van der Waals surface area contributed by atoms with E-state index in [0.29, 0.717) is 5.15 Å². The number of aliphatic hydroxyl groups is 1. The number of fused-ring (bicyclic) bond motifs is 1. The fourth-order valence-corrected chi connectivity index (χ4v) is 2.23. The third-order valence-corrected chi connectivity index (χ3v) is 3.22. The number of pyridine rings is 2. The monoisotopic (exact) mass is 270 g/mol. The van der Waals surface area contributed by atoms with Crippen LogP contribution in [0.3, 0.4) is 0 Å². The number of halogens is 1. The fraction of sp³-hybridized carbons (Fsp3) is 0.0667. The van der Waals surface area contributed by atoms with E-state index in [4.69, 9.17) is 11.6 Å². The summed E-state index contributed by atoms with van der Waals surface area (Å²) in [6, 6.07) is 13.0. The van der Waals surface area contributed by atoms with Crippen LogP contribution in [0.5, 0.6) is 0 Å².